The third-order valence-electron chi connectivity index (χ3n) is 5.49. The van der Waals surface area contributed by atoms with Crippen LogP contribution in [-0.4, -0.2) is 51.2 Å². The second-order valence-corrected chi connectivity index (χ2v) is 10.4. The van der Waals surface area contributed by atoms with E-state index < -0.39 is 0 Å². The number of carbonyl (C=O) groups excluding carboxylic acids is 1. The summed E-state index contributed by atoms with van der Waals surface area (Å²) in [6.07, 6.45) is 6.13. The minimum atomic E-state index is 0.203. The maximum atomic E-state index is 12.9. The Bertz CT molecular complexity index is 382. The van der Waals surface area contributed by atoms with Gasteiger partial charge in [-0.15, -0.1) is 46.7 Å². The molecule has 1 aliphatic heterocycles. The Morgan fingerprint density at radius 2 is 1.59 bits per heavy atom. The second-order valence-electron chi connectivity index (χ2n) is 6.61. The number of thioether (sulfide) groups is 2. The van der Waals surface area contributed by atoms with Crippen molar-refractivity contribution in [2.24, 2.45) is 17.8 Å². The fourth-order valence-electron chi connectivity index (χ4n) is 4.61. The van der Waals surface area contributed by atoms with Crippen molar-refractivity contribution in [3.8, 4) is 0 Å². The summed E-state index contributed by atoms with van der Waals surface area (Å²) >= 11 is 16.1. The molecule has 2 atom stereocenters. The van der Waals surface area contributed by atoms with E-state index in [4.69, 9.17) is 23.2 Å². The smallest absolute Gasteiger partial charge is 0.225 e. The summed E-state index contributed by atoms with van der Waals surface area (Å²) in [7, 11) is 0. The molecule has 1 amide bonds. The number of hydrogen-bond donors (Lipinski definition) is 0. The highest BCUT2D eigenvalue weighted by atomic mass is 35.5. The summed E-state index contributed by atoms with van der Waals surface area (Å²) in [4.78, 5) is 14.8. The summed E-state index contributed by atoms with van der Waals surface area (Å²) in [5.74, 6) is 5.54. The lowest BCUT2D eigenvalue weighted by Crippen LogP contribution is -2.50. The van der Waals surface area contributed by atoms with Crippen molar-refractivity contribution >= 4 is 52.6 Å². The highest BCUT2D eigenvalue weighted by molar-refractivity contribution is 8.21. The first-order chi connectivity index (χ1) is 10.7. The Morgan fingerprint density at radius 1 is 1.05 bits per heavy atom. The Labute approximate surface area is 152 Å². The standard InChI is InChI=1S/C16H25Cl2NOS2/c17-4-6-19(7-5-18)15(20)12-10-13-2-1-3-14(11-12)16(13)21-8-9-22-16/h12-14H,1-11H2. The lowest BCUT2D eigenvalue weighted by molar-refractivity contribution is -0.137. The zero-order valence-corrected chi connectivity index (χ0v) is 16.1. The molecular weight excluding hydrogens is 357 g/mol. The van der Waals surface area contributed by atoms with Crippen molar-refractivity contribution in [1.29, 1.82) is 0 Å². The van der Waals surface area contributed by atoms with Crippen LogP contribution in [0.25, 0.3) is 0 Å². The maximum Gasteiger partial charge on any atom is 0.225 e. The lowest BCUT2D eigenvalue weighted by Gasteiger charge is -2.52. The molecular formula is C16H25Cl2NOS2. The van der Waals surface area contributed by atoms with Gasteiger partial charge in [0.1, 0.15) is 0 Å². The number of nitrogens with zero attached hydrogens (tertiary/aromatic N) is 1. The fourth-order valence-corrected chi connectivity index (χ4v) is 8.95. The van der Waals surface area contributed by atoms with Crippen molar-refractivity contribution in [3.05, 3.63) is 0 Å². The first-order valence-corrected chi connectivity index (χ1v) is 11.4. The lowest BCUT2D eigenvalue weighted by atomic mass is 9.66. The fraction of sp³-hybridized carbons (Fsp3) is 0.938. The molecule has 2 saturated carbocycles. The molecule has 2 nitrogen and oxygen atoms in total. The van der Waals surface area contributed by atoms with Crippen LogP contribution in [-0.2, 0) is 4.79 Å². The molecule has 1 saturated heterocycles. The second kappa shape index (κ2) is 7.76. The molecule has 0 aromatic carbocycles. The molecule has 6 heteroatoms. The Kier molecular flexibility index (Phi) is 6.19. The Balaban J connectivity index is 1.71. The van der Waals surface area contributed by atoms with Gasteiger partial charge in [-0.2, -0.15) is 0 Å². The molecule has 0 aromatic rings. The highest BCUT2D eigenvalue weighted by Crippen LogP contribution is 2.64. The monoisotopic (exact) mass is 381 g/mol. The number of rotatable bonds is 5. The SMILES string of the molecule is O=C(C1CC2CCCC(C1)C21SCCS1)N(CCCl)CCCl. The number of alkyl halides is 2. The molecule has 0 radical (unpaired) electrons. The van der Waals surface area contributed by atoms with Crippen molar-refractivity contribution in [2.75, 3.05) is 36.4 Å². The van der Waals surface area contributed by atoms with Gasteiger partial charge in [0.05, 0.1) is 4.08 Å². The molecule has 1 heterocycles. The minimum Gasteiger partial charge on any atom is -0.340 e. The number of hydrogen-bond acceptors (Lipinski definition) is 3. The van der Waals surface area contributed by atoms with Crippen LogP contribution in [0.5, 0.6) is 0 Å². The average molecular weight is 382 g/mol. The predicted octanol–water partition coefficient (Wildman–Crippen LogP) is 4.30. The number of amides is 1. The van der Waals surface area contributed by atoms with E-state index in [0.29, 0.717) is 34.8 Å². The van der Waals surface area contributed by atoms with Gasteiger partial charge in [0.2, 0.25) is 5.91 Å². The van der Waals surface area contributed by atoms with Gasteiger partial charge in [-0.1, -0.05) is 6.42 Å². The summed E-state index contributed by atoms with van der Waals surface area (Å²) in [6, 6.07) is 0. The molecule has 126 valence electrons. The van der Waals surface area contributed by atoms with Crippen LogP contribution in [0, 0.1) is 17.8 Å². The van der Waals surface area contributed by atoms with Crippen LogP contribution in [0.3, 0.4) is 0 Å². The summed E-state index contributed by atoms with van der Waals surface area (Å²) in [6.45, 7) is 1.27. The van der Waals surface area contributed by atoms with Gasteiger partial charge in [-0.3, -0.25) is 4.79 Å². The maximum absolute atomic E-state index is 12.9. The van der Waals surface area contributed by atoms with E-state index in [9.17, 15) is 4.79 Å². The van der Waals surface area contributed by atoms with E-state index in [1.54, 1.807) is 0 Å². The molecule has 0 N–H and O–H groups in total. The van der Waals surface area contributed by atoms with Gasteiger partial charge in [0.15, 0.2) is 0 Å². The molecule has 3 rings (SSSR count). The van der Waals surface area contributed by atoms with Crippen molar-refractivity contribution in [3.63, 3.8) is 0 Å². The molecule has 22 heavy (non-hydrogen) atoms. The van der Waals surface area contributed by atoms with Crippen LogP contribution in [0.2, 0.25) is 0 Å². The third-order valence-corrected chi connectivity index (χ3v) is 9.85. The zero-order chi connectivity index (χ0) is 15.6. The van der Waals surface area contributed by atoms with E-state index in [-0.39, 0.29) is 5.92 Å². The molecule has 2 bridgehead atoms. The topological polar surface area (TPSA) is 20.3 Å². The first-order valence-electron chi connectivity index (χ1n) is 8.40. The van der Waals surface area contributed by atoms with Crippen LogP contribution in [0.4, 0.5) is 0 Å². The van der Waals surface area contributed by atoms with E-state index in [2.05, 4.69) is 23.5 Å². The molecule has 2 aliphatic carbocycles. The summed E-state index contributed by atoms with van der Waals surface area (Å²) < 4.78 is 0.443. The zero-order valence-electron chi connectivity index (χ0n) is 12.9. The Morgan fingerprint density at radius 3 is 2.09 bits per heavy atom. The molecule has 3 aliphatic rings. The van der Waals surface area contributed by atoms with E-state index in [0.717, 1.165) is 24.7 Å². The molecule has 2 unspecified atom stereocenters. The van der Waals surface area contributed by atoms with Crippen LogP contribution < -0.4 is 0 Å². The molecule has 1 spiro atoms. The minimum absolute atomic E-state index is 0.203. The van der Waals surface area contributed by atoms with Gasteiger partial charge in [-0.25, -0.2) is 0 Å². The third kappa shape index (κ3) is 3.27. The number of halogens is 2. The quantitative estimate of drug-likeness (QED) is 0.662. The predicted molar refractivity (Wildman–Crippen MR) is 99.2 cm³/mol. The Hall–Kier alpha value is 0.750. The van der Waals surface area contributed by atoms with E-state index in [1.807, 2.05) is 4.90 Å². The van der Waals surface area contributed by atoms with Crippen LogP contribution in [0.15, 0.2) is 0 Å². The number of carbonyl (C=O) groups is 1. The first kappa shape index (κ1) is 17.6. The van der Waals surface area contributed by atoms with Crippen LogP contribution >= 0.6 is 46.7 Å². The summed E-state index contributed by atoms with van der Waals surface area (Å²) in [5.41, 5.74) is 0. The van der Waals surface area contributed by atoms with Gasteiger partial charge in [-0.05, 0) is 37.5 Å². The van der Waals surface area contributed by atoms with Gasteiger partial charge < -0.3 is 4.90 Å². The van der Waals surface area contributed by atoms with Crippen molar-refractivity contribution in [1.82, 2.24) is 4.90 Å². The van der Waals surface area contributed by atoms with E-state index in [1.165, 1.54) is 30.8 Å². The summed E-state index contributed by atoms with van der Waals surface area (Å²) in [5, 5.41) is 0. The van der Waals surface area contributed by atoms with Crippen molar-refractivity contribution < 1.29 is 4.79 Å². The van der Waals surface area contributed by atoms with E-state index >= 15 is 0 Å². The molecule has 3 fully saturated rings. The van der Waals surface area contributed by atoms with Crippen LogP contribution in [0.1, 0.15) is 32.1 Å². The highest BCUT2D eigenvalue weighted by Gasteiger charge is 2.55. The van der Waals surface area contributed by atoms with Gasteiger partial charge >= 0.3 is 0 Å². The largest absolute Gasteiger partial charge is 0.340 e. The normalized spacial score (nSPS) is 33.1. The average Bonchev–Trinajstić information content (AvgIpc) is 2.96. The van der Waals surface area contributed by atoms with Crippen molar-refractivity contribution in [2.45, 2.75) is 36.2 Å². The molecule has 0 aromatic heterocycles. The van der Waals surface area contributed by atoms with Gasteiger partial charge in [0, 0.05) is 42.3 Å². The van der Waals surface area contributed by atoms with Gasteiger partial charge in [0.25, 0.3) is 0 Å².